The summed E-state index contributed by atoms with van der Waals surface area (Å²) in [6, 6.07) is 19.0. The molecular formula is C24H18ClN3O4S. The number of hydrogen-bond acceptors (Lipinski definition) is 6. The molecule has 7 nitrogen and oxygen atoms in total. The molecule has 166 valence electrons. The minimum Gasteiger partial charge on any atom is -0.481 e. The van der Waals surface area contributed by atoms with Crippen LogP contribution in [-0.4, -0.2) is 25.7 Å². The summed E-state index contributed by atoms with van der Waals surface area (Å²) < 4.78 is 7.72. The van der Waals surface area contributed by atoms with Crippen LogP contribution in [0.2, 0.25) is 5.02 Å². The highest BCUT2D eigenvalue weighted by Gasteiger charge is 2.14. The first-order valence-electron chi connectivity index (χ1n) is 9.85. The van der Waals surface area contributed by atoms with Gasteiger partial charge in [-0.3, -0.25) is 9.59 Å². The Morgan fingerprint density at radius 1 is 1.09 bits per heavy atom. The summed E-state index contributed by atoms with van der Waals surface area (Å²) in [7, 11) is 0. The number of rotatable bonds is 3. The van der Waals surface area contributed by atoms with E-state index in [0.717, 1.165) is 23.6 Å². The van der Waals surface area contributed by atoms with Crippen molar-refractivity contribution in [1.29, 1.82) is 0 Å². The zero-order valence-corrected chi connectivity index (χ0v) is 19.2. The van der Waals surface area contributed by atoms with Crippen LogP contribution in [0.1, 0.15) is 18.2 Å². The van der Waals surface area contributed by atoms with Crippen LogP contribution >= 0.6 is 22.9 Å². The number of halogens is 1. The number of aromatic nitrogens is 3. The Kier molecular flexibility index (Phi) is 6.39. The average molecular weight is 480 g/mol. The van der Waals surface area contributed by atoms with Crippen molar-refractivity contribution in [1.82, 2.24) is 14.6 Å². The maximum atomic E-state index is 12.8. The van der Waals surface area contributed by atoms with Gasteiger partial charge in [-0.15, -0.1) is 5.10 Å². The summed E-state index contributed by atoms with van der Waals surface area (Å²) in [6.07, 6.45) is 1.71. The normalized spacial score (nSPS) is 11.4. The standard InChI is InChI=1S/C22H14ClN3O2S.C2H4O2/c1-13-6-2-3-7-15(13)20-24-22-26(25-20)21(27)19(29-22)12-14-10-11-18(28-14)16-8-4-5-9-17(16)23;1-2(3)4/h2-12H,1H3;1H3,(H,3,4)/b19-12+;. The van der Waals surface area contributed by atoms with Gasteiger partial charge in [0.2, 0.25) is 4.96 Å². The lowest BCUT2D eigenvalue weighted by atomic mass is 10.1. The van der Waals surface area contributed by atoms with Gasteiger partial charge in [0.15, 0.2) is 5.82 Å². The first kappa shape index (κ1) is 22.4. The van der Waals surface area contributed by atoms with Crippen molar-refractivity contribution >= 4 is 39.9 Å². The molecule has 3 aromatic heterocycles. The molecule has 0 spiro atoms. The number of aliphatic carboxylic acids is 1. The minimum atomic E-state index is -0.833. The summed E-state index contributed by atoms with van der Waals surface area (Å²) in [5.74, 6) is 0.938. The van der Waals surface area contributed by atoms with Gasteiger partial charge >= 0.3 is 0 Å². The number of carboxylic acid groups (broad SMARTS) is 1. The third kappa shape index (κ3) is 4.87. The number of furan rings is 1. The molecule has 0 bridgehead atoms. The number of benzene rings is 2. The van der Waals surface area contributed by atoms with Crippen molar-refractivity contribution in [2.75, 3.05) is 0 Å². The SMILES string of the molecule is CC(=O)O.Cc1ccccc1-c1nc2s/c(=C/c3ccc(-c4ccccc4Cl)o3)c(=O)n2n1. The van der Waals surface area contributed by atoms with E-state index in [-0.39, 0.29) is 5.56 Å². The summed E-state index contributed by atoms with van der Waals surface area (Å²) in [5.41, 5.74) is 2.58. The fraction of sp³-hybridized carbons (Fsp3) is 0.0833. The molecule has 0 unspecified atom stereocenters. The fourth-order valence-electron chi connectivity index (χ4n) is 3.14. The molecule has 0 aliphatic heterocycles. The molecule has 1 N–H and O–H groups in total. The van der Waals surface area contributed by atoms with E-state index in [1.807, 2.05) is 67.6 Å². The van der Waals surface area contributed by atoms with Gasteiger partial charge in [0, 0.05) is 24.1 Å². The van der Waals surface area contributed by atoms with Crippen molar-refractivity contribution in [3.05, 3.63) is 91.9 Å². The van der Waals surface area contributed by atoms with Crippen LogP contribution in [-0.2, 0) is 4.79 Å². The summed E-state index contributed by atoms with van der Waals surface area (Å²) in [6.45, 7) is 3.08. The van der Waals surface area contributed by atoms with E-state index >= 15 is 0 Å². The quantitative estimate of drug-likeness (QED) is 0.403. The monoisotopic (exact) mass is 479 g/mol. The zero-order chi connectivity index (χ0) is 23.5. The number of nitrogens with zero attached hydrogens (tertiary/aromatic N) is 3. The van der Waals surface area contributed by atoms with Crippen LogP contribution in [0.15, 0.2) is 69.9 Å². The van der Waals surface area contributed by atoms with Gasteiger partial charge in [0.1, 0.15) is 16.1 Å². The van der Waals surface area contributed by atoms with Gasteiger partial charge in [0.05, 0.1) is 5.02 Å². The van der Waals surface area contributed by atoms with Crippen molar-refractivity contribution in [2.24, 2.45) is 0 Å². The highest BCUT2D eigenvalue weighted by atomic mass is 35.5. The van der Waals surface area contributed by atoms with Crippen molar-refractivity contribution in [3.63, 3.8) is 0 Å². The van der Waals surface area contributed by atoms with Gasteiger partial charge < -0.3 is 9.52 Å². The van der Waals surface area contributed by atoms with Crippen LogP contribution in [0.3, 0.4) is 0 Å². The molecule has 5 aromatic rings. The second kappa shape index (κ2) is 9.40. The zero-order valence-electron chi connectivity index (χ0n) is 17.7. The molecule has 9 heteroatoms. The van der Waals surface area contributed by atoms with Crippen LogP contribution in [0.5, 0.6) is 0 Å². The fourth-order valence-corrected chi connectivity index (χ4v) is 4.25. The first-order valence-corrected chi connectivity index (χ1v) is 11.0. The van der Waals surface area contributed by atoms with Gasteiger partial charge in [-0.2, -0.15) is 9.50 Å². The number of carboxylic acids is 1. The molecule has 33 heavy (non-hydrogen) atoms. The molecule has 0 fully saturated rings. The molecule has 0 saturated heterocycles. The number of aryl methyl sites for hydroxylation is 1. The second-order valence-corrected chi connectivity index (χ2v) is 8.48. The summed E-state index contributed by atoms with van der Waals surface area (Å²) in [4.78, 5) is 26.9. The predicted molar refractivity (Wildman–Crippen MR) is 129 cm³/mol. The van der Waals surface area contributed by atoms with Crippen LogP contribution in [0.25, 0.3) is 33.7 Å². The second-order valence-electron chi connectivity index (χ2n) is 7.06. The van der Waals surface area contributed by atoms with Gasteiger partial charge in [-0.05, 0) is 36.8 Å². The smallest absolute Gasteiger partial charge is 0.300 e. The van der Waals surface area contributed by atoms with Crippen LogP contribution in [0, 0.1) is 6.92 Å². The number of carbonyl (C=O) groups is 1. The van der Waals surface area contributed by atoms with Crippen molar-refractivity contribution < 1.29 is 14.3 Å². The molecule has 0 saturated carbocycles. The molecule has 0 aliphatic rings. The van der Waals surface area contributed by atoms with E-state index in [1.54, 1.807) is 6.08 Å². The van der Waals surface area contributed by atoms with Crippen molar-refractivity contribution in [2.45, 2.75) is 13.8 Å². The molecule has 3 heterocycles. The maximum Gasteiger partial charge on any atom is 0.300 e. The molecule has 5 rings (SSSR count). The number of hydrogen-bond donors (Lipinski definition) is 1. The van der Waals surface area contributed by atoms with Gasteiger partial charge in [-0.1, -0.05) is 59.3 Å². The molecular weight excluding hydrogens is 462 g/mol. The summed E-state index contributed by atoms with van der Waals surface area (Å²) in [5, 5.41) is 12.4. The summed E-state index contributed by atoms with van der Waals surface area (Å²) >= 11 is 7.51. The lowest BCUT2D eigenvalue weighted by Crippen LogP contribution is -2.23. The Balaban J connectivity index is 0.000000601. The third-order valence-corrected chi connectivity index (χ3v) is 5.90. The largest absolute Gasteiger partial charge is 0.481 e. The highest BCUT2D eigenvalue weighted by Crippen LogP contribution is 2.29. The molecule has 0 atom stereocenters. The lowest BCUT2D eigenvalue weighted by Gasteiger charge is -1.98. The van der Waals surface area contributed by atoms with E-state index in [2.05, 4.69) is 10.1 Å². The van der Waals surface area contributed by atoms with E-state index in [0.29, 0.717) is 31.9 Å². The maximum absolute atomic E-state index is 12.8. The number of thiazole rings is 1. The molecule has 0 radical (unpaired) electrons. The molecule has 0 amide bonds. The lowest BCUT2D eigenvalue weighted by molar-refractivity contribution is -0.134. The Morgan fingerprint density at radius 3 is 2.42 bits per heavy atom. The van der Waals surface area contributed by atoms with Crippen molar-refractivity contribution in [3.8, 4) is 22.7 Å². The van der Waals surface area contributed by atoms with E-state index in [4.69, 9.17) is 25.9 Å². The number of fused-ring (bicyclic) bond motifs is 1. The van der Waals surface area contributed by atoms with E-state index in [1.165, 1.54) is 15.9 Å². The molecule has 2 aromatic carbocycles. The van der Waals surface area contributed by atoms with Gasteiger partial charge in [0.25, 0.3) is 11.5 Å². The Labute approximate surface area is 197 Å². The van der Waals surface area contributed by atoms with Crippen LogP contribution in [0.4, 0.5) is 0 Å². The Hall–Kier alpha value is -3.75. The van der Waals surface area contributed by atoms with E-state index in [9.17, 15) is 4.79 Å². The molecule has 0 aliphatic carbocycles. The predicted octanol–water partition coefficient (Wildman–Crippen LogP) is 4.68. The van der Waals surface area contributed by atoms with Gasteiger partial charge in [-0.25, -0.2) is 0 Å². The average Bonchev–Trinajstić information content (AvgIpc) is 3.46. The Morgan fingerprint density at radius 2 is 1.76 bits per heavy atom. The van der Waals surface area contributed by atoms with E-state index < -0.39 is 5.97 Å². The first-order chi connectivity index (χ1) is 15.8. The topological polar surface area (TPSA) is 97.7 Å². The third-order valence-electron chi connectivity index (χ3n) is 4.61. The minimum absolute atomic E-state index is 0.215. The van der Waals surface area contributed by atoms with Crippen LogP contribution < -0.4 is 10.1 Å². The Bertz CT molecular complexity index is 1560. The highest BCUT2D eigenvalue weighted by molar-refractivity contribution is 7.15.